The summed E-state index contributed by atoms with van der Waals surface area (Å²) in [6.45, 7) is 4.94. The van der Waals surface area contributed by atoms with Crippen molar-refractivity contribution in [1.82, 2.24) is 0 Å². The first-order valence-electron chi connectivity index (χ1n) is 6.38. The van der Waals surface area contributed by atoms with Crippen molar-refractivity contribution in [2.24, 2.45) is 11.7 Å². The highest BCUT2D eigenvalue weighted by Crippen LogP contribution is 2.34. The van der Waals surface area contributed by atoms with Gasteiger partial charge in [-0.25, -0.2) is 0 Å². The molecule has 2 N–H and O–H groups in total. The van der Waals surface area contributed by atoms with Crippen LogP contribution in [-0.2, 0) is 4.79 Å². The number of carbonyl (C=O) groups is 1. The van der Waals surface area contributed by atoms with Gasteiger partial charge in [0.2, 0.25) is 5.91 Å². The van der Waals surface area contributed by atoms with Crippen molar-refractivity contribution in [2.75, 3.05) is 17.2 Å². The van der Waals surface area contributed by atoms with Crippen molar-refractivity contribution in [1.29, 1.82) is 0 Å². The first-order chi connectivity index (χ1) is 8.59. The number of rotatable bonds is 3. The van der Waals surface area contributed by atoms with Crippen molar-refractivity contribution >= 4 is 23.4 Å². The third-order valence-electron chi connectivity index (χ3n) is 3.04. The van der Waals surface area contributed by atoms with Crippen LogP contribution in [0.4, 0.5) is 5.69 Å². The summed E-state index contributed by atoms with van der Waals surface area (Å²) in [5, 5.41) is 0. The van der Waals surface area contributed by atoms with Gasteiger partial charge >= 0.3 is 0 Å². The van der Waals surface area contributed by atoms with Crippen molar-refractivity contribution in [3.05, 3.63) is 24.3 Å². The monoisotopic (exact) mass is 264 g/mol. The van der Waals surface area contributed by atoms with Crippen LogP contribution >= 0.6 is 11.8 Å². The molecule has 0 aromatic heterocycles. The Hall–Kier alpha value is -1.00. The molecular formula is C14H20N2OS. The second-order valence-corrected chi connectivity index (χ2v) is 6.18. The Morgan fingerprint density at radius 3 is 2.89 bits per heavy atom. The SMILES string of the molecule is CC(C)CC(N)C(=O)N1CCSc2ccccc21. The molecule has 1 aliphatic heterocycles. The van der Waals surface area contributed by atoms with Crippen molar-refractivity contribution in [2.45, 2.75) is 31.2 Å². The number of benzene rings is 1. The highest BCUT2D eigenvalue weighted by atomic mass is 32.2. The van der Waals surface area contributed by atoms with E-state index in [1.165, 1.54) is 4.90 Å². The normalized spacial score (nSPS) is 16.6. The number of thioether (sulfide) groups is 1. The smallest absolute Gasteiger partial charge is 0.243 e. The third-order valence-corrected chi connectivity index (χ3v) is 4.08. The summed E-state index contributed by atoms with van der Waals surface area (Å²) < 4.78 is 0. The third kappa shape index (κ3) is 2.87. The van der Waals surface area contributed by atoms with E-state index in [9.17, 15) is 4.79 Å². The fraction of sp³-hybridized carbons (Fsp3) is 0.500. The maximum absolute atomic E-state index is 12.4. The van der Waals surface area contributed by atoms with Gasteiger partial charge in [0.25, 0.3) is 0 Å². The molecule has 18 heavy (non-hydrogen) atoms. The number of para-hydroxylation sites is 1. The summed E-state index contributed by atoms with van der Waals surface area (Å²) in [5.74, 6) is 1.44. The van der Waals surface area contributed by atoms with Gasteiger partial charge in [-0.2, -0.15) is 0 Å². The maximum Gasteiger partial charge on any atom is 0.243 e. The molecule has 0 radical (unpaired) electrons. The zero-order valence-electron chi connectivity index (χ0n) is 10.9. The average Bonchev–Trinajstić information content (AvgIpc) is 2.36. The highest BCUT2D eigenvalue weighted by Gasteiger charge is 2.26. The minimum absolute atomic E-state index is 0.0523. The molecule has 1 aliphatic rings. The summed E-state index contributed by atoms with van der Waals surface area (Å²) >= 11 is 1.80. The zero-order chi connectivity index (χ0) is 13.1. The zero-order valence-corrected chi connectivity index (χ0v) is 11.7. The van der Waals surface area contributed by atoms with Crippen LogP contribution in [0.25, 0.3) is 0 Å². The Bertz CT molecular complexity index is 434. The fourth-order valence-corrected chi connectivity index (χ4v) is 3.20. The van der Waals surface area contributed by atoms with Crippen molar-refractivity contribution < 1.29 is 4.79 Å². The van der Waals surface area contributed by atoms with E-state index in [2.05, 4.69) is 19.9 Å². The van der Waals surface area contributed by atoms with Crippen LogP contribution in [0.3, 0.4) is 0 Å². The fourth-order valence-electron chi connectivity index (χ4n) is 2.21. The minimum atomic E-state index is -0.388. The van der Waals surface area contributed by atoms with Crippen LogP contribution in [0.5, 0.6) is 0 Å². The van der Waals surface area contributed by atoms with E-state index in [-0.39, 0.29) is 11.9 Å². The van der Waals surface area contributed by atoms with Gasteiger partial charge in [0.05, 0.1) is 11.7 Å². The Balaban J connectivity index is 2.17. The van der Waals surface area contributed by atoms with Gasteiger partial charge in [0, 0.05) is 17.2 Å². The number of hydrogen-bond acceptors (Lipinski definition) is 3. The molecule has 0 saturated carbocycles. The second-order valence-electron chi connectivity index (χ2n) is 5.04. The number of hydrogen-bond donors (Lipinski definition) is 1. The lowest BCUT2D eigenvalue weighted by molar-refractivity contribution is -0.120. The second kappa shape index (κ2) is 5.76. The molecule has 3 nitrogen and oxygen atoms in total. The Morgan fingerprint density at radius 2 is 2.17 bits per heavy atom. The molecule has 0 saturated heterocycles. The number of nitrogens with zero attached hydrogens (tertiary/aromatic N) is 1. The van der Waals surface area contributed by atoms with Gasteiger partial charge in [-0.05, 0) is 24.5 Å². The van der Waals surface area contributed by atoms with Crippen LogP contribution in [0, 0.1) is 5.92 Å². The molecule has 1 unspecified atom stereocenters. The Kier molecular flexibility index (Phi) is 4.30. The van der Waals surface area contributed by atoms with Crippen LogP contribution in [-0.4, -0.2) is 24.2 Å². The van der Waals surface area contributed by atoms with Crippen LogP contribution < -0.4 is 10.6 Å². The van der Waals surface area contributed by atoms with Gasteiger partial charge in [0.15, 0.2) is 0 Å². The standard InChI is InChI=1S/C14H20N2OS/c1-10(2)9-11(15)14(17)16-7-8-18-13-6-4-3-5-12(13)16/h3-6,10-11H,7-9,15H2,1-2H3. The van der Waals surface area contributed by atoms with E-state index in [0.717, 1.165) is 24.4 Å². The maximum atomic E-state index is 12.4. The van der Waals surface area contributed by atoms with Crippen LogP contribution in [0.2, 0.25) is 0 Å². The predicted molar refractivity (Wildman–Crippen MR) is 76.9 cm³/mol. The van der Waals surface area contributed by atoms with Crippen molar-refractivity contribution in [3.63, 3.8) is 0 Å². The molecule has 0 bridgehead atoms. The molecule has 2 rings (SSSR count). The minimum Gasteiger partial charge on any atom is -0.320 e. The summed E-state index contributed by atoms with van der Waals surface area (Å²) in [6.07, 6.45) is 0.741. The molecule has 1 amide bonds. The van der Waals surface area contributed by atoms with Gasteiger partial charge < -0.3 is 10.6 Å². The quantitative estimate of drug-likeness (QED) is 0.912. The molecule has 1 heterocycles. The molecule has 0 fully saturated rings. The largest absolute Gasteiger partial charge is 0.320 e. The Morgan fingerprint density at radius 1 is 1.44 bits per heavy atom. The van der Waals surface area contributed by atoms with Crippen LogP contribution in [0.1, 0.15) is 20.3 Å². The Labute approximate surface area is 113 Å². The summed E-state index contributed by atoms with van der Waals surface area (Å²) in [4.78, 5) is 15.4. The number of nitrogens with two attached hydrogens (primary N) is 1. The predicted octanol–water partition coefficient (Wildman–Crippen LogP) is 2.50. The van der Waals surface area contributed by atoms with Crippen molar-refractivity contribution in [3.8, 4) is 0 Å². The van der Waals surface area contributed by atoms with Crippen LogP contribution in [0.15, 0.2) is 29.2 Å². The molecule has 0 spiro atoms. The van der Waals surface area contributed by atoms with E-state index in [1.54, 1.807) is 11.8 Å². The summed E-state index contributed by atoms with van der Waals surface area (Å²) in [7, 11) is 0. The van der Waals surface area contributed by atoms with Gasteiger partial charge in [0.1, 0.15) is 0 Å². The first-order valence-corrected chi connectivity index (χ1v) is 7.37. The molecular weight excluding hydrogens is 244 g/mol. The lowest BCUT2D eigenvalue weighted by atomic mass is 10.0. The lowest BCUT2D eigenvalue weighted by Gasteiger charge is -2.31. The van der Waals surface area contributed by atoms with Gasteiger partial charge in [-0.15, -0.1) is 11.8 Å². The highest BCUT2D eigenvalue weighted by molar-refractivity contribution is 7.99. The van der Waals surface area contributed by atoms with Gasteiger partial charge in [-0.1, -0.05) is 26.0 Å². The van der Waals surface area contributed by atoms with E-state index >= 15 is 0 Å². The number of amides is 1. The topological polar surface area (TPSA) is 46.3 Å². The molecule has 0 aliphatic carbocycles. The number of anilines is 1. The molecule has 4 heteroatoms. The lowest BCUT2D eigenvalue weighted by Crippen LogP contribution is -2.46. The average molecular weight is 264 g/mol. The van der Waals surface area contributed by atoms with Gasteiger partial charge in [-0.3, -0.25) is 4.79 Å². The van der Waals surface area contributed by atoms with E-state index in [1.807, 2.05) is 23.1 Å². The number of carbonyl (C=O) groups excluding carboxylic acids is 1. The van der Waals surface area contributed by atoms with E-state index in [0.29, 0.717) is 5.92 Å². The van der Waals surface area contributed by atoms with E-state index in [4.69, 9.17) is 5.73 Å². The number of fused-ring (bicyclic) bond motifs is 1. The molecule has 98 valence electrons. The summed E-state index contributed by atoms with van der Waals surface area (Å²) in [6, 6.07) is 7.66. The molecule has 1 atom stereocenters. The van der Waals surface area contributed by atoms with E-state index < -0.39 is 0 Å². The molecule has 1 aromatic carbocycles. The summed E-state index contributed by atoms with van der Waals surface area (Å²) in [5.41, 5.74) is 7.02. The first kappa shape index (κ1) is 13.4. The molecule has 1 aromatic rings.